The van der Waals surface area contributed by atoms with Crippen LogP contribution in [0.1, 0.15) is 20.9 Å². The molecule has 0 fully saturated rings. The number of nitriles is 1. The van der Waals surface area contributed by atoms with Crippen LogP contribution in [-0.2, 0) is 6.54 Å². The van der Waals surface area contributed by atoms with Gasteiger partial charge in [-0.1, -0.05) is 12.1 Å². The van der Waals surface area contributed by atoms with Gasteiger partial charge in [0.2, 0.25) is 0 Å². The summed E-state index contributed by atoms with van der Waals surface area (Å²) in [7, 11) is 0. The second kappa shape index (κ2) is 5.03. The van der Waals surface area contributed by atoms with Crippen molar-refractivity contribution in [2.24, 2.45) is 0 Å². The SMILES string of the molecule is Cc1ccc(C)c(NCc2ccc(C#N)s2)c1. The van der Waals surface area contributed by atoms with Gasteiger partial charge in [-0.05, 0) is 43.2 Å². The average molecular weight is 242 g/mol. The maximum atomic E-state index is 8.76. The summed E-state index contributed by atoms with van der Waals surface area (Å²) < 4.78 is 0. The normalized spacial score (nSPS) is 9.94. The van der Waals surface area contributed by atoms with Crippen molar-refractivity contribution in [1.82, 2.24) is 0 Å². The Morgan fingerprint density at radius 2 is 2.06 bits per heavy atom. The van der Waals surface area contributed by atoms with Gasteiger partial charge < -0.3 is 5.32 Å². The summed E-state index contributed by atoms with van der Waals surface area (Å²) in [6.07, 6.45) is 0. The van der Waals surface area contributed by atoms with Crippen molar-refractivity contribution >= 4 is 17.0 Å². The predicted molar refractivity (Wildman–Crippen MR) is 72.3 cm³/mol. The minimum absolute atomic E-state index is 0.766. The molecule has 1 heterocycles. The maximum Gasteiger partial charge on any atom is 0.110 e. The Hall–Kier alpha value is -1.79. The van der Waals surface area contributed by atoms with E-state index in [1.54, 1.807) is 0 Å². The summed E-state index contributed by atoms with van der Waals surface area (Å²) in [4.78, 5) is 1.95. The van der Waals surface area contributed by atoms with Gasteiger partial charge in [0.15, 0.2) is 0 Å². The van der Waals surface area contributed by atoms with Crippen molar-refractivity contribution in [3.63, 3.8) is 0 Å². The Morgan fingerprint density at radius 1 is 1.24 bits per heavy atom. The van der Waals surface area contributed by atoms with Gasteiger partial charge >= 0.3 is 0 Å². The van der Waals surface area contributed by atoms with E-state index in [0.717, 1.165) is 17.1 Å². The molecule has 1 aromatic heterocycles. The zero-order chi connectivity index (χ0) is 12.3. The Morgan fingerprint density at radius 3 is 2.76 bits per heavy atom. The lowest BCUT2D eigenvalue weighted by Gasteiger charge is -2.09. The monoisotopic (exact) mass is 242 g/mol. The van der Waals surface area contributed by atoms with E-state index in [2.05, 4.69) is 43.4 Å². The molecule has 0 amide bonds. The van der Waals surface area contributed by atoms with E-state index >= 15 is 0 Å². The van der Waals surface area contributed by atoms with Crippen molar-refractivity contribution in [1.29, 1.82) is 5.26 Å². The quantitative estimate of drug-likeness (QED) is 0.887. The second-order valence-corrected chi connectivity index (χ2v) is 5.22. The fourth-order valence-corrected chi connectivity index (χ4v) is 2.39. The molecule has 0 unspecified atom stereocenters. The summed E-state index contributed by atoms with van der Waals surface area (Å²) in [5, 5.41) is 12.2. The molecule has 0 spiro atoms. The van der Waals surface area contributed by atoms with E-state index in [9.17, 15) is 0 Å². The number of rotatable bonds is 3. The molecule has 0 radical (unpaired) electrons. The topological polar surface area (TPSA) is 35.8 Å². The Balaban J connectivity index is 2.07. The summed E-state index contributed by atoms with van der Waals surface area (Å²) in [5.74, 6) is 0. The van der Waals surface area contributed by atoms with Crippen molar-refractivity contribution in [3.05, 3.63) is 51.2 Å². The molecule has 3 heteroatoms. The molecule has 0 aliphatic rings. The first-order chi connectivity index (χ1) is 8.19. The summed E-state index contributed by atoms with van der Waals surface area (Å²) in [6, 6.07) is 12.4. The van der Waals surface area contributed by atoms with Gasteiger partial charge in [0.1, 0.15) is 10.9 Å². The first-order valence-electron chi connectivity index (χ1n) is 5.49. The molecule has 1 aromatic carbocycles. The van der Waals surface area contributed by atoms with Crippen molar-refractivity contribution < 1.29 is 0 Å². The fourth-order valence-electron chi connectivity index (χ4n) is 1.64. The number of thiophene rings is 1. The zero-order valence-electron chi connectivity index (χ0n) is 9.95. The third-order valence-electron chi connectivity index (χ3n) is 2.62. The van der Waals surface area contributed by atoms with Gasteiger partial charge in [-0.25, -0.2) is 0 Å². The smallest absolute Gasteiger partial charge is 0.110 e. The maximum absolute atomic E-state index is 8.76. The standard InChI is InChI=1S/C14H14N2S/c1-10-3-4-11(2)14(7-10)16-9-13-6-5-12(8-15)17-13/h3-7,16H,9H2,1-2H3. The lowest BCUT2D eigenvalue weighted by Crippen LogP contribution is -1.99. The Bertz CT molecular complexity index is 564. The van der Waals surface area contributed by atoms with Crippen LogP contribution in [0.5, 0.6) is 0 Å². The van der Waals surface area contributed by atoms with Crippen LogP contribution in [0.4, 0.5) is 5.69 Å². The molecule has 0 saturated carbocycles. The van der Waals surface area contributed by atoms with E-state index in [4.69, 9.17) is 5.26 Å². The van der Waals surface area contributed by atoms with Gasteiger partial charge in [0, 0.05) is 17.1 Å². The van der Waals surface area contributed by atoms with E-state index in [0.29, 0.717) is 0 Å². The molecule has 1 N–H and O–H groups in total. The van der Waals surface area contributed by atoms with Crippen molar-refractivity contribution in [2.45, 2.75) is 20.4 Å². The van der Waals surface area contributed by atoms with Crippen LogP contribution >= 0.6 is 11.3 Å². The molecule has 0 atom stereocenters. The van der Waals surface area contributed by atoms with Crippen molar-refractivity contribution in [2.75, 3.05) is 5.32 Å². The largest absolute Gasteiger partial charge is 0.380 e. The minimum atomic E-state index is 0.766. The molecule has 2 nitrogen and oxygen atoms in total. The summed E-state index contributed by atoms with van der Waals surface area (Å²) >= 11 is 1.54. The molecular formula is C14H14N2S. The third-order valence-corrected chi connectivity index (χ3v) is 3.61. The molecule has 0 aliphatic carbocycles. The molecule has 17 heavy (non-hydrogen) atoms. The Labute approximate surface area is 106 Å². The third kappa shape index (κ3) is 2.86. The lowest BCUT2D eigenvalue weighted by atomic mass is 10.1. The van der Waals surface area contributed by atoms with Gasteiger partial charge in [-0.15, -0.1) is 11.3 Å². The number of hydrogen-bond donors (Lipinski definition) is 1. The molecule has 2 aromatic rings. The molecular weight excluding hydrogens is 228 g/mol. The van der Waals surface area contributed by atoms with E-state index in [1.807, 2.05) is 12.1 Å². The molecule has 0 bridgehead atoms. The lowest BCUT2D eigenvalue weighted by molar-refractivity contribution is 1.17. The highest BCUT2D eigenvalue weighted by atomic mass is 32.1. The van der Waals surface area contributed by atoms with E-state index < -0.39 is 0 Å². The van der Waals surface area contributed by atoms with E-state index in [1.165, 1.54) is 27.3 Å². The molecule has 0 aliphatic heterocycles. The Kier molecular flexibility index (Phi) is 3.46. The highest BCUT2D eigenvalue weighted by Crippen LogP contribution is 2.20. The van der Waals surface area contributed by atoms with Crippen LogP contribution in [0, 0.1) is 25.2 Å². The van der Waals surface area contributed by atoms with Crippen LogP contribution in [0.2, 0.25) is 0 Å². The van der Waals surface area contributed by atoms with Crippen LogP contribution in [-0.4, -0.2) is 0 Å². The van der Waals surface area contributed by atoms with Crippen LogP contribution < -0.4 is 5.32 Å². The fraction of sp³-hybridized carbons (Fsp3) is 0.214. The number of benzene rings is 1. The molecule has 2 rings (SSSR count). The number of aryl methyl sites for hydroxylation is 2. The van der Waals surface area contributed by atoms with Crippen molar-refractivity contribution in [3.8, 4) is 6.07 Å². The predicted octanol–water partition coefficient (Wildman–Crippen LogP) is 3.85. The van der Waals surface area contributed by atoms with Crippen LogP contribution in [0.25, 0.3) is 0 Å². The highest BCUT2D eigenvalue weighted by Gasteiger charge is 2.01. The number of anilines is 1. The molecule has 0 saturated heterocycles. The van der Waals surface area contributed by atoms with Gasteiger partial charge in [-0.2, -0.15) is 5.26 Å². The van der Waals surface area contributed by atoms with E-state index in [-0.39, 0.29) is 0 Å². The first-order valence-corrected chi connectivity index (χ1v) is 6.30. The van der Waals surface area contributed by atoms with Gasteiger partial charge in [0.25, 0.3) is 0 Å². The highest BCUT2D eigenvalue weighted by molar-refractivity contribution is 7.12. The van der Waals surface area contributed by atoms with Gasteiger partial charge in [0.05, 0.1) is 0 Å². The average Bonchev–Trinajstić information content (AvgIpc) is 2.78. The summed E-state index contributed by atoms with van der Waals surface area (Å²) in [6.45, 7) is 4.96. The second-order valence-electron chi connectivity index (χ2n) is 4.05. The van der Waals surface area contributed by atoms with Gasteiger partial charge in [-0.3, -0.25) is 0 Å². The summed E-state index contributed by atoms with van der Waals surface area (Å²) in [5.41, 5.74) is 3.66. The van der Waals surface area contributed by atoms with Crippen LogP contribution in [0.15, 0.2) is 30.3 Å². The van der Waals surface area contributed by atoms with Crippen LogP contribution in [0.3, 0.4) is 0 Å². The number of nitrogens with zero attached hydrogens (tertiary/aromatic N) is 1. The zero-order valence-corrected chi connectivity index (χ0v) is 10.8. The number of hydrogen-bond acceptors (Lipinski definition) is 3. The first kappa shape index (κ1) is 11.7. The minimum Gasteiger partial charge on any atom is -0.380 e. The number of nitrogens with one attached hydrogen (secondary N) is 1. The molecule has 86 valence electrons.